The number of nitrogens with one attached hydrogen (secondary N) is 1. The van der Waals surface area contributed by atoms with Gasteiger partial charge in [-0.2, -0.15) is 9.40 Å². The van der Waals surface area contributed by atoms with Crippen molar-refractivity contribution in [1.29, 1.82) is 0 Å². The van der Waals surface area contributed by atoms with E-state index in [1.54, 1.807) is 45.9 Å². The first-order valence-electron chi connectivity index (χ1n) is 8.90. The van der Waals surface area contributed by atoms with Gasteiger partial charge >= 0.3 is 0 Å². The first kappa shape index (κ1) is 20.8. The molecule has 0 saturated heterocycles. The van der Waals surface area contributed by atoms with Gasteiger partial charge in [-0.15, -0.1) is 0 Å². The van der Waals surface area contributed by atoms with E-state index in [9.17, 15) is 13.2 Å². The standard InChI is InChI=1S/C18H23N5O5S/c1-11-9-16(21-28-11)19-18(24)14(4)23-13(3)17(12(2)20-23)29(25,26)22(5)10-15-7-6-8-27-15/h6-9,14H,10H2,1-5H3,(H,19,21,24)/t14-/m1/s1. The van der Waals surface area contributed by atoms with Crippen LogP contribution >= 0.6 is 0 Å². The SMILES string of the molecule is Cc1cc(NC(=O)[C@@H](C)n2nc(C)c(S(=O)(=O)N(C)Cc3ccco3)c2C)no1. The third-order valence-electron chi connectivity index (χ3n) is 4.51. The molecule has 29 heavy (non-hydrogen) atoms. The summed E-state index contributed by atoms with van der Waals surface area (Å²) in [6.45, 7) is 6.65. The summed E-state index contributed by atoms with van der Waals surface area (Å²) in [7, 11) is -2.37. The van der Waals surface area contributed by atoms with Crippen molar-refractivity contribution in [2.75, 3.05) is 12.4 Å². The molecular formula is C18H23N5O5S. The van der Waals surface area contributed by atoms with Gasteiger partial charge in [-0.3, -0.25) is 9.48 Å². The molecule has 0 aliphatic rings. The van der Waals surface area contributed by atoms with E-state index >= 15 is 0 Å². The van der Waals surface area contributed by atoms with E-state index in [1.165, 1.54) is 22.3 Å². The second-order valence-corrected chi connectivity index (χ2v) is 8.75. The number of carbonyl (C=O) groups excluding carboxylic acids is 1. The van der Waals surface area contributed by atoms with Crippen LogP contribution in [-0.4, -0.2) is 40.6 Å². The summed E-state index contributed by atoms with van der Waals surface area (Å²) in [4.78, 5) is 12.6. The minimum Gasteiger partial charge on any atom is -0.468 e. The van der Waals surface area contributed by atoms with E-state index in [-0.39, 0.29) is 17.3 Å². The lowest BCUT2D eigenvalue weighted by molar-refractivity contribution is -0.119. The lowest BCUT2D eigenvalue weighted by Gasteiger charge is -2.17. The summed E-state index contributed by atoms with van der Waals surface area (Å²) in [6, 6.07) is 4.23. The van der Waals surface area contributed by atoms with Crippen molar-refractivity contribution >= 4 is 21.7 Å². The van der Waals surface area contributed by atoms with E-state index in [1.807, 2.05) is 0 Å². The van der Waals surface area contributed by atoms with Crippen LogP contribution < -0.4 is 5.32 Å². The van der Waals surface area contributed by atoms with Crippen molar-refractivity contribution < 1.29 is 22.2 Å². The Hall–Kier alpha value is -2.92. The minimum absolute atomic E-state index is 0.0727. The van der Waals surface area contributed by atoms with Gasteiger partial charge in [0.1, 0.15) is 22.5 Å². The van der Waals surface area contributed by atoms with Gasteiger partial charge in [0.15, 0.2) is 5.82 Å². The highest BCUT2D eigenvalue weighted by Crippen LogP contribution is 2.26. The van der Waals surface area contributed by atoms with Crippen molar-refractivity contribution in [3.8, 4) is 0 Å². The number of furan rings is 1. The fourth-order valence-electron chi connectivity index (χ4n) is 3.03. The molecule has 1 amide bonds. The minimum atomic E-state index is -3.84. The van der Waals surface area contributed by atoms with Gasteiger partial charge in [-0.05, 0) is 39.8 Å². The molecule has 156 valence electrons. The molecule has 10 nitrogen and oxygen atoms in total. The van der Waals surface area contributed by atoms with Crippen molar-refractivity contribution in [2.45, 2.75) is 45.2 Å². The maximum Gasteiger partial charge on any atom is 0.250 e. The average molecular weight is 421 g/mol. The summed E-state index contributed by atoms with van der Waals surface area (Å²) in [5.74, 6) is 0.977. The number of amides is 1. The molecule has 0 unspecified atom stereocenters. The first-order valence-corrected chi connectivity index (χ1v) is 10.3. The topological polar surface area (TPSA) is 123 Å². The molecule has 3 aromatic rings. The first-order chi connectivity index (χ1) is 13.6. The zero-order valence-corrected chi connectivity index (χ0v) is 17.6. The molecule has 1 N–H and O–H groups in total. The maximum absolute atomic E-state index is 13.1. The van der Waals surface area contributed by atoms with Gasteiger partial charge in [0.2, 0.25) is 15.9 Å². The Bertz CT molecular complexity index is 1110. The Morgan fingerprint density at radius 1 is 1.34 bits per heavy atom. The summed E-state index contributed by atoms with van der Waals surface area (Å²) < 4.78 is 39.0. The van der Waals surface area contributed by atoms with Crippen LogP contribution in [0.5, 0.6) is 0 Å². The molecule has 11 heteroatoms. The predicted molar refractivity (Wildman–Crippen MR) is 104 cm³/mol. The number of anilines is 1. The van der Waals surface area contributed by atoms with Crippen LogP contribution in [0.4, 0.5) is 5.82 Å². The highest BCUT2D eigenvalue weighted by molar-refractivity contribution is 7.89. The van der Waals surface area contributed by atoms with Crippen molar-refractivity contribution in [1.82, 2.24) is 19.2 Å². The van der Waals surface area contributed by atoms with E-state index in [4.69, 9.17) is 8.94 Å². The second-order valence-electron chi connectivity index (χ2n) is 6.77. The van der Waals surface area contributed by atoms with Crippen LogP contribution in [0.3, 0.4) is 0 Å². The van der Waals surface area contributed by atoms with Gasteiger partial charge in [-0.1, -0.05) is 5.16 Å². The number of sulfonamides is 1. The Morgan fingerprint density at radius 2 is 2.07 bits per heavy atom. The Labute approximate surface area is 168 Å². The van der Waals surface area contributed by atoms with E-state index in [0.29, 0.717) is 22.9 Å². The zero-order chi connectivity index (χ0) is 21.3. The van der Waals surface area contributed by atoms with Crippen LogP contribution in [0.25, 0.3) is 0 Å². The quantitative estimate of drug-likeness (QED) is 0.621. The third-order valence-corrected chi connectivity index (χ3v) is 6.57. The number of hydrogen-bond donors (Lipinski definition) is 1. The smallest absolute Gasteiger partial charge is 0.250 e. The molecule has 3 heterocycles. The monoisotopic (exact) mass is 421 g/mol. The molecule has 0 spiro atoms. The Kier molecular flexibility index (Phi) is 5.62. The van der Waals surface area contributed by atoms with Crippen LogP contribution in [0.1, 0.15) is 35.9 Å². The molecule has 0 bridgehead atoms. The normalized spacial score (nSPS) is 13.0. The highest BCUT2D eigenvalue weighted by atomic mass is 32.2. The van der Waals surface area contributed by atoms with Crippen LogP contribution in [0.15, 0.2) is 38.3 Å². The maximum atomic E-state index is 13.1. The van der Waals surface area contributed by atoms with E-state index in [2.05, 4.69) is 15.6 Å². The molecular weight excluding hydrogens is 398 g/mol. The zero-order valence-electron chi connectivity index (χ0n) is 16.8. The van der Waals surface area contributed by atoms with Crippen LogP contribution in [0, 0.1) is 20.8 Å². The van der Waals surface area contributed by atoms with Gasteiger partial charge in [0.05, 0.1) is 24.2 Å². The number of aryl methyl sites for hydroxylation is 2. The van der Waals surface area contributed by atoms with Gasteiger partial charge < -0.3 is 14.3 Å². The second kappa shape index (κ2) is 7.84. The lowest BCUT2D eigenvalue weighted by atomic mass is 10.3. The average Bonchev–Trinajstić information content (AvgIpc) is 3.36. The summed E-state index contributed by atoms with van der Waals surface area (Å²) >= 11 is 0. The predicted octanol–water partition coefficient (Wildman–Crippen LogP) is 2.41. The Balaban J connectivity index is 1.86. The van der Waals surface area contributed by atoms with Gasteiger partial charge in [0.25, 0.3) is 0 Å². The molecule has 3 rings (SSSR count). The lowest BCUT2D eigenvalue weighted by Crippen LogP contribution is -2.28. The van der Waals surface area contributed by atoms with Gasteiger partial charge in [0, 0.05) is 13.1 Å². The molecule has 0 radical (unpaired) electrons. The van der Waals surface area contributed by atoms with Crippen LogP contribution in [0.2, 0.25) is 0 Å². The number of aromatic nitrogens is 3. The largest absolute Gasteiger partial charge is 0.468 e. The van der Waals surface area contributed by atoms with Crippen molar-refractivity contribution in [2.24, 2.45) is 0 Å². The fourth-order valence-corrected chi connectivity index (χ4v) is 4.52. The Morgan fingerprint density at radius 3 is 2.66 bits per heavy atom. The molecule has 3 aromatic heterocycles. The van der Waals surface area contributed by atoms with Gasteiger partial charge in [-0.25, -0.2) is 8.42 Å². The summed E-state index contributed by atoms with van der Waals surface area (Å²) in [5, 5.41) is 10.7. The van der Waals surface area contributed by atoms with Crippen LogP contribution in [-0.2, 0) is 21.4 Å². The molecule has 0 aliphatic carbocycles. The molecule has 1 atom stereocenters. The fraction of sp³-hybridized carbons (Fsp3) is 0.389. The number of hydrogen-bond acceptors (Lipinski definition) is 7. The molecule has 0 fully saturated rings. The molecule has 0 saturated carbocycles. The summed E-state index contributed by atoms with van der Waals surface area (Å²) in [5.41, 5.74) is 0.679. The summed E-state index contributed by atoms with van der Waals surface area (Å²) in [6.07, 6.45) is 1.49. The highest BCUT2D eigenvalue weighted by Gasteiger charge is 2.31. The number of nitrogens with zero attached hydrogens (tertiary/aromatic N) is 4. The van der Waals surface area contributed by atoms with Crippen molar-refractivity contribution in [3.05, 3.63) is 47.4 Å². The number of carbonyl (C=O) groups is 1. The van der Waals surface area contributed by atoms with E-state index in [0.717, 1.165) is 0 Å². The van der Waals surface area contributed by atoms with Crippen molar-refractivity contribution in [3.63, 3.8) is 0 Å². The van der Waals surface area contributed by atoms with E-state index < -0.39 is 22.0 Å². The number of rotatable bonds is 7. The third kappa shape index (κ3) is 4.10. The molecule has 0 aromatic carbocycles. The molecule has 0 aliphatic heterocycles.